The Morgan fingerprint density at radius 1 is 1.38 bits per heavy atom. The van der Waals surface area contributed by atoms with E-state index in [0.717, 1.165) is 25.8 Å². The van der Waals surface area contributed by atoms with Gasteiger partial charge in [0.2, 0.25) is 0 Å². The topological polar surface area (TPSA) is 43.1 Å². The van der Waals surface area contributed by atoms with Crippen LogP contribution < -0.4 is 5.73 Å². The van der Waals surface area contributed by atoms with Crippen LogP contribution in [0.2, 0.25) is 0 Å². The molecule has 0 bridgehead atoms. The average Bonchev–Trinajstić information content (AvgIpc) is 2.46. The van der Waals surface area contributed by atoms with Gasteiger partial charge in [-0.1, -0.05) is 0 Å². The Kier molecular flexibility index (Phi) is 2.09. The molecule has 0 unspecified atom stereocenters. The van der Waals surface area contributed by atoms with Crippen LogP contribution in [-0.4, -0.2) is 6.29 Å². The predicted octanol–water partition coefficient (Wildman–Crippen LogP) is 3.06. The third-order valence-corrected chi connectivity index (χ3v) is 3.65. The lowest BCUT2D eigenvalue weighted by atomic mass is 10.2. The number of thiophene rings is 1. The first-order chi connectivity index (χ1) is 6.20. The monoisotopic (exact) mass is 255 g/mol. The number of nitrogens with two attached hydrogens (primary N) is 1. The van der Waals surface area contributed by atoms with Crippen LogP contribution in [0.25, 0.3) is 10.1 Å². The van der Waals surface area contributed by atoms with Gasteiger partial charge in [0.15, 0.2) is 0 Å². The van der Waals surface area contributed by atoms with Crippen molar-refractivity contribution in [2.24, 2.45) is 0 Å². The van der Waals surface area contributed by atoms with Gasteiger partial charge in [-0.15, -0.1) is 11.3 Å². The van der Waals surface area contributed by atoms with E-state index in [9.17, 15) is 4.79 Å². The summed E-state index contributed by atoms with van der Waals surface area (Å²) in [6.07, 6.45) is 0.831. The largest absolute Gasteiger partial charge is 0.391 e. The van der Waals surface area contributed by atoms with Gasteiger partial charge in [-0.3, -0.25) is 4.79 Å². The van der Waals surface area contributed by atoms with Crippen molar-refractivity contribution in [3.63, 3.8) is 0 Å². The minimum Gasteiger partial charge on any atom is -0.391 e. The highest BCUT2D eigenvalue weighted by molar-refractivity contribution is 9.10. The zero-order chi connectivity index (χ0) is 9.42. The molecule has 0 aliphatic heterocycles. The van der Waals surface area contributed by atoms with Crippen molar-refractivity contribution in [3.8, 4) is 0 Å². The van der Waals surface area contributed by atoms with Gasteiger partial charge in [0, 0.05) is 10.0 Å². The Morgan fingerprint density at radius 2 is 2.15 bits per heavy atom. The van der Waals surface area contributed by atoms with Crippen molar-refractivity contribution in [1.82, 2.24) is 0 Å². The van der Waals surface area contributed by atoms with Crippen LogP contribution in [0.3, 0.4) is 0 Å². The summed E-state index contributed by atoms with van der Waals surface area (Å²) in [5.41, 5.74) is 6.32. The highest BCUT2D eigenvalue weighted by atomic mass is 79.9. The lowest BCUT2D eigenvalue weighted by Crippen LogP contribution is -1.78. The van der Waals surface area contributed by atoms with Gasteiger partial charge >= 0.3 is 0 Å². The van der Waals surface area contributed by atoms with Gasteiger partial charge in [0.1, 0.15) is 6.29 Å². The summed E-state index contributed by atoms with van der Waals surface area (Å²) in [5.74, 6) is 0. The van der Waals surface area contributed by atoms with Gasteiger partial charge in [0.05, 0.1) is 9.70 Å². The van der Waals surface area contributed by atoms with E-state index in [1.54, 1.807) is 6.07 Å². The predicted molar refractivity (Wildman–Crippen MR) is 59.3 cm³/mol. The molecule has 0 saturated heterocycles. The van der Waals surface area contributed by atoms with Crippen LogP contribution in [-0.2, 0) is 0 Å². The third-order valence-electron chi connectivity index (χ3n) is 1.75. The van der Waals surface area contributed by atoms with E-state index in [2.05, 4.69) is 15.9 Å². The third kappa shape index (κ3) is 1.47. The van der Waals surface area contributed by atoms with Gasteiger partial charge in [-0.25, -0.2) is 0 Å². The van der Waals surface area contributed by atoms with Crippen LogP contribution in [0.5, 0.6) is 0 Å². The van der Waals surface area contributed by atoms with Crippen molar-refractivity contribution in [2.45, 2.75) is 0 Å². The van der Waals surface area contributed by atoms with Crippen molar-refractivity contribution in [3.05, 3.63) is 28.2 Å². The summed E-state index contributed by atoms with van der Waals surface area (Å²) in [6.45, 7) is 0. The lowest BCUT2D eigenvalue weighted by Gasteiger charge is -1.94. The maximum absolute atomic E-state index is 10.6. The quantitative estimate of drug-likeness (QED) is 0.797. The highest BCUT2D eigenvalue weighted by Crippen LogP contribution is 2.34. The SMILES string of the molecule is Nc1cc2cc(C=O)cc(Br)c2s1. The summed E-state index contributed by atoms with van der Waals surface area (Å²) < 4.78 is 2.01. The fourth-order valence-electron chi connectivity index (χ4n) is 1.22. The number of hydrogen-bond donors (Lipinski definition) is 1. The summed E-state index contributed by atoms with van der Waals surface area (Å²) in [5, 5.41) is 1.78. The van der Waals surface area contributed by atoms with E-state index < -0.39 is 0 Å². The summed E-state index contributed by atoms with van der Waals surface area (Å²) >= 11 is 4.91. The molecule has 1 aromatic heterocycles. The van der Waals surface area contributed by atoms with Crippen LogP contribution in [0.4, 0.5) is 5.00 Å². The molecule has 2 aromatic rings. The zero-order valence-corrected chi connectivity index (χ0v) is 8.98. The molecule has 1 aromatic carbocycles. The Hall–Kier alpha value is -0.870. The number of halogens is 1. The Morgan fingerprint density at radius 3 is 2.85 bits per heavy atom. The first-order valence-corrected chi connectivity index (χ1v) is 5.25. The van der Waals surface area contributed by atoms with E-state index in [-0.39, 0.29) is 0 Å². The molecule has 2 nitrogen and oxygen atoms in total. The Labute approximate surface area is 87.5 Å². The summed E-state index contributed by atoms with van der Waals surface area (Å²) in [4.78, 5) is 10.6. The minimum atomic E-state index is 0.664. The number of anilines is 1. The number of carbonyl (C=O) groups is 1. The molecule has 66 valence electrons. The normalized spacial score (nSPS) is 10.5. The molecule has 13 heavy (non-hydrogen) atoms. The van der Waals surface area contributed by atoms with Crippen molar-refractivity contribution < 1.29 is 4.79 Å². The molecule has 1 heterocycles. The van der Waals surface area contributed by atoms with Crippen molar-refractivity contribution in [2.75, 3.05) is 5.73 Å². The van der Waals surface area contributed by atoms with Gasteiger partial charge < -0.3 is 5.73 Å². The molecule has 0 aliphatic rings. The highest BCUT2D eigenvalue weighted by Gasteiger charge is 2.04. The van der Waals surface area contributed by atoms with Gasteiger partial charge in [0.25, 0.3) is 0 Å². The van der Waals surface area contributed by atoms with E-state index in [1.807, 2.05) is 12.1 Å². The second-order valence-corrected chi connectivity index (χ2v) is 4.63. The second kappa shape index (κ2) is 3.12. The average molecular weight is 256 g/mol. The molecule has 0 radical (unpaired) electrons. The van der Waals surface area contributed by atoms with E-state index in [1.165, 1.54) is 11.3 Å². The molecular weight excluding hydrogens is 250 g/mol. The molecule has 2 N–H and O–H groups in total. The molecule has 0 spiro atoms. The van der Waals surface area contributed by atoms with Crippen molar-refractivity contribution >= 4 is 48.6 Å². The molecule has 0 fully saturated rings. The van der Waals surface area contributed by atoms with Crippen LogP contribution >= 0.6 is 27.3 Å². The molecule has 0 amide bonds. The van der Waals surface area contributed by atoms with E-state index in [4.69, 9.17) is 5.73 Å². The molecular formula is C9H6BrNOS. The lowest BCUT2D eigenvalue weighted by molar-refractivity contribution is 0.112. The van der Waals surface area contributed by atoms with Crippen LogP contribution in [0.15, 0.2) is 22.7 Å². The number of aldehydes is 1. The minimum absolute atomic E-state index is 0.664. The first kappa shape index (κ1) is 8.72. The van der Waals surface area contributed by atoms with Gasteiger partial charge in [-0.2, -0.15) is 0 Å². The molecule has 2 rings (SSSR count). The molecule has 0 atom stereocenters. The number of carbonyl (C=O) groups excluding carboxylic acids is 1. The van der Waals surface area contributed by atoms with E-state index >= 15 is 0 Å². The summed E-state index contributed by atoms with van der Waals surface area (Å²) in [7, 11) is 0. The fraction of sp³-hybridized carbons (Fsp3) is 0. The van der Waals surface area contributed by atoms with E-state index in [0.29, 0.717) is 5.56 Å². The van der Waals surface area contributed by atoms with Crippen LogP contribution in [0, 0.1) is 0 Å². The molecule has 0 saturated carbocycles. The first-order valence-electron chi connectivity index (χ1n) is 3.64. The standard InChI is InChI=1S/C9H6BrNOS/c10-7-2-5(4-12)1-6-3-8(11)13-9(6)7/h1-4H,11H2. The second-order valence-electron chi connectivity index (χ2n) is 2.69. The molecule has 0 aliphatic carbocycles. The molecule has 4 heteroatoms. The zero-order valence-electron chi connectivity index (χ0n) is 6.58. The fourth-order valence-corrected chi connectivity index (χ4v) is 2.77. The Bertz CT molecular complexity index is 478. The number of fused-ring (bicyclic) bond motifs is 1. The van der Waals surface area contributed by atoms with Crippen LogP contribution in [0.1, 0.15) is 10.4 Å². The Balaban J connectivity index is 2.82. The number of rotatable bonds is 1. The number of hydrogen-bond acceptors (Lipinski definition) is 3. The van der Waals surface area contributed by atoms with Crippen molar-refractivity contribution in [1.29, 1.82) is 0 Å². The summed E-state index contributed by atoms with van der Waals surface area (Å²) in [6, 6.07) is 5.50. The maximum atomic E-state index is 10.6. The maximum Gasteiger partial charge on any atom is 0.150 e. The van der Waals surface area contributed by atoms with Gasteiger partial charge in [-0.05, 0) is 39.5 Å². The number of benzene rings is 1. The number of nitrogen functional groups attached to an aromatic ring is 1. The smallest absolute Gasteiger partial charge is 0.150 e.